The van der Waals surface area contributed by atoms with E-state index in [-0.39, 0.29) is 12.5 Å². The van der Waals surface area contributed by atoms with E-state index in [0.29, 0.717) is 6.54 Å². The van der Waals surface area contributed by atoms with Crippen molar-refractivity contribution in [3.63, 3.8) is 0 Å². The summed E-state index contributed by atoms with van der Waals surface area (Å²) in [6.07, 6.45) is 0.774. The van der Waals surface area contributed by atoms with E-state index in [9.17, 15) is 4.79 Å². The van der Waals surface area contributed by atoms with Crippen LogP contribution in [-0.2, 0) is 11.2 Å². The molecule has 3 nitrogen and oxygen atoms in total. The molecule has 116 valence electrons. The number of aryl methyl sites for hydroxylation is 2. The van der Waals surface area contributed by atoms with Gasteiger partial charge in [-0.05, 0) is 55.2 Å². The van der Waals surface area contributed by atoms with E-state index in [2.05, 4.69) is 28.8 Å². The molecule has 0 aliphatic heterocycles. The molecule has 1 amide bonds. The molecule has 2 aromatic rings. The largest absolute Gasteiger partial charge is 0.376 e. The highest BCUT2D eigenvalue weighted by atomic mass is 35.5. The topological polar surface area (TPSA) is 41.1 Å². The quantitative estimate of drug-likeness (QED) is 0.852. The summed E-state index contributed by atoms with van der Waals surface area (Å²) in [6.45, 7) is 4.95. The zero-order valence-electron chi connectivity index (χ0n) is 12.9. The second-order valence-corrected chi connectivity index (χ2v) is 5.84. The summed E-state index contributed by atoms with van der Waals surface area (Å²) < 4.78 is 0. The fraction of sp³-hybridized carbons (Fsp3) is 0.278. The van der Waals surface area contributed by atoms with Crippen molar-refractivity contribution in [1.82, 2.24) is 5.32 Å². The minimum absolute atomic E-state index is 0.0112. The molecule has 0 spiro atoms. The Hall–Kier alpha value is -2.00. The average molecular weight is 317 g/mol. The minimum Gasteiger partial charge on any atom is -0.376 e. The van der Waals surface area contributed by atoms with Crippen molar-refractivity contribution in [2.75, 3.05) is 18.4 Å². The Morgan fingerprint density at radius 2 is 1.95 bits per heavy atom. The second kappa shape index (κ2) is 7.85. The van der Waals surface area contributed by atoms with Crippen LogP contribution in [-0.4, -0.2) is 19.0 Å². The molecule has 0 bridgehead atoms. The van der Waals surface area contributed by atoms with Crippen molar-refractivity contribution in [2.24, 2.45) is 0 Å². The van der Waals surface area contributed by atoms with Crippen molar-refractivity contribution in [1.29, 1.82) is 0 Å². The fourth-order valence-corrected chi connectivity index (χ4v) is 2.42. The van der Waals surface area contributed by atoms with Gasteiger partial charge in [0.25, 0.3) is 0 Å². The summed E-state index contributed by atoms with van der Waals surface area (Å²) in [7, 11) is 0. The van der Waals surface area contributed by atoms with Crippen molar-refractivity contribution >= 4 is 23.2 Å². The zero-order chi connectivity index (χ0) is 15.9. The molecule has 0 aliphatic carbocycles. The number of nitrogens with one attached hydrogen (secondary N) is 2. The first-order chi connectivity index (χ1) is 10.5. The van der Waals surface area contributed by atoms with Gasteiger partial charge >= 0.3 is 0 Å². The lowest BCUT2D eigenvalue weighted by Crippen LogP contribution is -2.31. The molecule has 4 heteroatoms. The molecular weight excluding hydrogens is 296 g/mol. The van der Waals surface area contributed by atoms with Crippen molar-refractivity contribution in [3.8, 4) is 0 Å². The van der Waals surface area contributed by atoms with Crippen LogP contribution >= 0.6 is 11.6 Å². The van der Waals surface area contributed by atoms with Gasteiger partial charge in [-0.25, -0.2) is 0 Å². The molecule has 22 heavy (non-hydrogen) atoms. The maximum absolute atomic E-state index is 11.9. The van der Waals surface area contributed by atoms with Crippen molar-refractivity contribution < 1.29 is 4.79 Å². The van der Waals surface area contributed by atoms with Gasteiger partial charge in [-0.2, -0.15) is 0 Å². The van der Waals surface area contributed by atoms with Crippen LogP contribution in [0.3, 0.4) is 0 Å². The molecule has 0 saturated carbocycles. The number of amides is 1. The Morgan fingerprint density at radius 3 is 2.73 bits per heavy atom. The van der Waals surface area contributed by atoms with Gasteiger partial charge in [-0.15, -0.1) is 0 Å². The van der Waals surface area contributed by atoms with E-state index in [1.807, 2.05) is 38.1 Å². The van der Waals surface area contributed by atoms with E-state index in [1.54, 1.807) is 0 Å². The maximum Gasteiger partial charge on any atom is 0.239 e. The van der Waals surface area contributed by atoms with E-state index in [4.69, 9.17) is 11.6 Å². The van der Waals surface area contributed by atoms with Crippen LogP contribution in [0.15, 0.2) is 42.5 Å². The Labute approximate surface area is 136 Å². The van der Waals surface area contributed by atoms with Crippen molar-refractivity contribution in [2.45, 2.75) is 20.3 Å². The highest BCUT2D eigenvalue weighted by molar-refractivity contribution is 6.30. The third-order valence-electron chi connectivity index (χ3n) is 3.46. The highest BCUT2D eigenvalue weighted by Crippen LogP contribution is 2.15. The van der Waals surface area contributed by atoms with Gasteiger partial charge in [0.15, 0.2) is 0 Å². The number of carbonyl (C=O) groups excluding carboxylic acids is 1. The number of carbonyl (C=O) groups is 1. The van der Waals surface area contributed by atoms with Gasteiger partial charge in [-0.1, -0.05) is 35.9 Å². The Bertz CT molecular complexity index is 655. The van der Waals surface area contributed by atoms with Gasteiger partial charge < -0.3 is 10.6 Å². The normalized spacial score (nSPS) is 10.3. The third-order valence-corrected chi connectivity index (χ3v) is 3.69. The van der Waals surface area contributed by atoms with Gasteiger partial charge in [0.2, 0.25) is 5.91 Å². The molecule has 0 aromatic heterocycles. The summed E-state index contributed by atoms with van der Waals surface area (Å²) >= 11 is 5.93. The summed E-state index contributed by atoms with van der Waals surface area (Å²) in [4.78, 5) is 11.9. The van der Waals surface area contributed by atoms with Gasteiger partial charge in [0.1, 0.15) is 0 Å². The number of benzene rings is 2. The molecule has 0 fully saturated rings. The first kappa shape index (κ1) is 16.4. The number of hydrogen-bond acceptors (Lipinski definition) is 2. The second-order valence-electron chi connectivity index (χ2n) is 5.40. The lowest BCUT2D eigenvalue weighted by Gasteiger charge is -2.11. The molecule has 0 atom stereocenters. The predicted molar refractivity (Wildman–Crippen MR) is 92.6 cm³/mol. The maximum atomic E-state index is 11.9. The molecule has 0 radical (unpaired) electrons. The summed E-state index contributed by atoms with van der Waals surface area (Å²) in [6, 6.07) is 13.8. The van der Waals surface area contributed by atoms with Crippen LogP contribution in [0.1, 0.15) is 16.7 Å². The lowest BCUT2D eigenvalue weighted by molar-refractivity contribution is -0.119. The average Bonchev–Trinajstić information content (AvgIpc) is 2.48. The van der Waals surface area contributed by atoms with Gasteiger partial charge in [0.05, 0.1) is 6.54 Å². The van der Waals surface area contributed by atoms with Crippen LogP contribution < -0.4 is 10.6 Å². The monoisotopic (exact) mass is 316 g/mol. The predicted octanol–water partition coefficient (Wildman–Crippen LogP) is 3.73. The summed E-state index contributed by atoms with van der Waals surface area (Å²) in [5, 5.41) is 6.81. The van der Waals surface area contributed by atoms with Crippen LogP contribution in [0, 0.1) is 13.8 Å². The molecule has 0 aliphatic rings. The van der Waals surface area contributed by atoms with E-state index in [0.717, 1.165) is 28.3 Å². The van der Waals surface area contributed by atoms with Gasteiger partial charge in [0, 0.05) is 17.3 Å². The Kier molecular flexibility index (Phi) is 5.84. The van der Waals surface area contributed by atoms with E-state index in [1.165, 1.54) is 5.56 Å². The number of rotatable bonds is 6. The Morgan fingerprint density at radius 1 is 1.14 bits per heavy atom. The number of halogens is 1. The lowest BCUT2D eigenvalue weighted by atomic mass is 10.1. The van der Waals surface area contributed by atoms with Crippen molar-refractivity contribution in [3.05, 3.63) is 64.2 Å². The van der Waals surface area contributed by atoms with Crippen LogP contribution in [0.25, 0.3) is 0 Å². The highest BCUT2D eigenvalue weighted by Gasteiger charge is 2.03. The Balaban J connectivity index is 1.75. The van der Waals surface area contributed by atoms with Crippen LogP contribution in [0.4, 0.5) is 5.69 Å². The fourth-order valence-electron chi connectivity index (χ4n) is 2.20. The van der Waals surface area contributed by atoms with E-state index < -0.39 is 0 Å². The first-order valence-corrected chi connectivity index (χ1v) is 7.74. The van der Waals surface area contributed by atoms with Crippen LogP contribution in [0.5, 0.6) is 0 Å². The summed E-state index contributed by atoms with van der Waals surface area (Å²) in [5.41, 5.74) is 4.44. The zero-order valence-corrected chi connectivity index (χ0v) is 13.7. The molecule has 2 aromatic carbocycles. The molecular formula is C18H21ClN2O. The summed E-state index contributed by atoms with van der Waals surface area (Å²) in [5.74, 6) is -0.0112. The first-order valence-electron chi connectivity index (χ1n) is 7.37. The number of hydrogen-bond donors (Lipinski definition) is 2. The SMILES string of the molecule is Cc1ccc(C)c(NCC(=O)NCCc2cccc(Cl)c2)c1. The van der Waals surface area contributed by atoms with Gasteiger partial charge in [-0.3, -0.25) is 4.79 Å². The van der Waals surface area contributed by atoms with E-state index >= 15 is 0 Å². The molecule has 2 rings (SSSR count). The minimum atomic E-state index is -0.0112. The molecule has 0 unspecified atom stereocenters. The molecule has 2 N–H and O–H groups in total. The standard InChI is InChI=1S/C18H21ClN2O/c1-13-6-7-14(2)17(10-13)21-12-18(22)20-9-8-15-4-3-5-16(19)11-15/h3-7,10-11,21H,8-9,12H2,1-2H3,(H,20,22). The van der Waals surface area contributed by atoms with Crippen LogP contribution in [0.2, 0.25) is 5.02 Å². The smallest absolute Gasteiger partial charge is 0.239 e. The molecule has 0 saturated heterocycles. The third kappa shape index (κ3) is 5.08. The molecule has 0 heterocycles. The number of anilines is 1.